The molecule has 1 rings (SSSR count). The zero-order valence-corrected chi connectivity index (χ0v) is 4.46. The van der Waals surface area contributed by atoms with Crippen molar-refractivity contribution in [2.45, 2.75) is 6.61 Å². The van der Waals surface area contributed by atoms with Crippen molar-refractivity contribution in [2.75, 3.05) is 0 Å². The van der Waals surface area contributed by atoms with E-state index in [4.69, 9.17) is 5.11 Å². The minimum atomic E-state index is 0. The first-order chi connectivity index (χ1) is 3.93. The van der Waals surface area contributed by atoms with Crippen molar-refractivity contribution in [1.29, 1.82) is 0 Å². The van der Waals surface area contributed by atoms with Gasteiger partial charge in [0.05, 0.1) is 6.61 Å². The summed E-state index contributed by atoms with van der Waals surface area (Å²) in [6.07, 6.45) is 0. The van der Waals surface area contributed by atoms with Crippen LogP contribution in [0.5, 0.6) is 0 Å². The SMILES string of the molecule is OCc1[c]cccc1.[LiH]. The van der Waals surface area contributed by atoms with E-state index in [9.17, 15) is 0 Å². The Labute approximate surface area is 66.9 Å². The summed E-state index contributed by atoms with van der Waals surface area (Å²) in [5.41, 5.74) is 0.840. The number of benzene rings is 1. The molecule has 0 unspecified atom stereocenters. The summed E-state index contributed by atoms with van der Waals surface area (Å²) >= 11 is 0. The van der Waals surface area contributed by atoms with Crippen LogP contribution in [-0.2, 0) is 6.61 Å². The molecule has 2 heteroatoms. The maximum absolute atomic E-state index is 8.51. The summed E-state index contributed by atoms with van der Waals surface area (Å²) < 4.78 is 0. The van der Waals surface area contributed by atoms with Crippen LogP contribution in [0.25, 0.3) is 0 Å². The van der Waals surface area contributed by atoms with Crippen LogP contribution in [0.1, 0.15) is 5.56 Å². The molecule has 0 spiro atoms. The summed E-state index contributed by atoms with van der Waals surface area (Å²) in [6, 6.07) is 10.2. The van der Waals surface area contributed by atoms with Crippen molar-refractivity contribution < 1.29 is 5.11 Å². The van der Waals surface area contributed by atoms with Gasteiger partial charge >= 0.3 is 18.9 Å². The molecule has 0 heterocycles. The van der Waals surface area contributed by atoms with Gasteiger partial charge in [-0.2, -0.15) is 0 Å². The quantitative estimate of drug-likeness (QED) is 0.523. The standard InChI is InChI=1S/C7H7O.Li.H/c8-6-7-4-2-1-3-5-7;;/h1-4,8H,6H2;;. The van der Waals surface area contributed by atoms with Crippen LogP contribution >= 0.6 is 0 Å². The van der Waals surface area contributed by atoms with Crippen LogP contribution in [0.15, 0.2) is 24.3 Å². The molecule has 0 amide bonds. The molecular weight excluding hydrogens is 107 g/mol. The molecule has 43 valence electrons. The van der Waals surface area contributed by atoms with Crippen molar-refractivity contribution in [3.8, 4) is 0 Å². The van der Waals surface area contributed by atoms with Crippen molar-refractivity contribution in [3.05, 3.63) is 35.9 Å². The molecule has 9 heavy (non-hydrogen) atoms. The molecule has 1 nitrogen and oxygen atoms in total. The van der Waals surface area contributed by atoms with Crippen molar-refractivity contribution in [3.63, 3.8) is 0 Å². The van der Waals surface area contributed by atoms with E-state index >= 15 is 0 Å². The second kappa shape index (κ2) is 4.64. The molecule has 0 saturated carbocycles. The first-order valence-electron chi connectivity index (χ1n) is 2.50. The van der Waals surface area contributed by atoms with E-state index in [1.165, 1.54) is 0 Å². The Morgan fingerprint density at radius 2 is 2.22 bits per heavy atom. The molecule has 0 aliphatic rings. The van der Waals surface area contributed by atoms with Gasteiger partial charge in [-0.15, -0.1) is 0 Å². The van der Waals surface area contributed by atoms with E-state index in [1.54, 1.807) is 6.07 Å². The van der Waals surface area contributed by atoms with Crippen LogP contribution in [0, 0.1) is 6.07 Å². The Morgan fingerprint density at radius 1 is 1.44 bits per heavy atom. The minimum absolute atomic E-state index is 0. The van der Waals surface area contributed by atoms with Crippen LogP contribution in [0.4, 0.5) is 0 Å². The van der Waals surface area contributed by atoms with Gasteiger partial charge in [0.2, 0.25) is 0 Å². The second-order valence-electron chi connectivity index (χ2n) is 1.55. The summed E-state index contributed by atoms with van der Waals surface area (Å²) in [5, 5.41) is 8.51. The monoisotopic (exact) mass is 115 g/mol. The fourth-order valence-electron chi connectivity index (χ4n) is 0.529. The van der Waals surface area contributed by atoms with E-state index in [2.05, 4.69) is 6.07 Å². The zero-order valence-electron chi connectivity index (χ0n) is 4.46. The van der Waals surface area contributed by atoms with Gasteiger partial charge in [-0.05, 0) is 11.6 Å². The first kappa shape index (κ1) is 8.78. The third-order valence-electron chi connectivity index (χ3n) is 0.944. The average molecular weight is 115 g/mol. The van der Waals surface area contributed by atoms with Crippen molar-refractivity contribution in [1.82, 2.24) is 0 Å². The molecular formula is C7H8LiO. The van der Waals surface area contributed by atoms with Gasteiger partial charge in [-0.3, -0.25) is 0 Å². The molecule has 0 aliphatic heterocycles. The van der Waals surface area contributed by atoms with Gasteiger partial charge in [0.25, 0.3) is 0 Å². The first-order valence-corrected chi connectivity index (χ1v) is 2.50. The summed E-state index contributed by atoms with van der Waals surface area (Å²) in [4.78, 5) is 0. The second-order valence-corrected chi connectivity index (χ2v) is 1.55. The Hall–Kier alpha value is -0.223. The third kappa shape index (κ3) is 2.72. The number of aliphatic hydroxyl groups excluding tert-OH is 1. The number of hydrogen-bond acceptors (Lipinski definition) is 1. The van der Waals surface area contributed by atoms with Crippen molar-refractivity contribution >= 4 is 18.9 Å². The van der Waals surface area contributed by atoms with E-state index in [1.807, 2.05) is 18.2 Å². The van der Waals surface area contributed by atoms with Gasteiger partial charge < -0.3 is 5.11 Å². The van der Waals surface area contributed by atoms with E-state index in [0.717, 1.165) is 5.56 Å². The molecule has 0 fully saturated rings. The Bertz CT molecular complexity index is 150. The summed E-state index contributed by atoms with van der Waals surface area (Å²) in [7, 11) is 0. The van der Waals surface area contributed by atoms with Crippen molar-refractivity contribution in [2.24, 2.45) is 0 Å². The molecule has 1 radical (unpaired) electrons. The van der Waals surface area contributed by atoms with Crippen LogP contribution in [0.3, 0.4) is 0 Å². The normalized spacial score (nSPS) is 8.11. The van der Waals surface area contributed by atoms with Gasteiger partial charge in [0.1, 0.15) is 0 Å². The molecule has 0 aromatic heterocycles. The van der Waals surface area contributed by atoms with Gasteiger partial charge in [0, 0.05) is 0 Å². The topological polar surface area (TPSA) is 20.2 Å². The Balaban J connectivity index is 0.000000640. The average Bonchev–Trinajstić information content (AvgIpc) is 1.90. The predicted octanol–water partition coefficient (Wildman–Crippen LogP) is 0.331. The summed E-state index contributed by atoms with van der Waals surface area (Å²) in [5.74, 6) is 0. The number of hydrogen-bond donors (Lipinski definition) is 1. The van der Waals surface area contributed by atoms with Crippen LogP contribution < -0.4 is 0 Å². The molecule has 0 aliphatic carbocycles. The molecule has 1 aromatic carbocycles. The fourth-order valence-corrected chi connectivity index (χ4v) is 0.529. The molecule has 1 aromatic rings. The molecule has 0 atom stereocenters. The van der Waals surface area contributed by atoms with E-state index in [-0.39, 0.29) is 25.5 Å². The summed E-state index contributed by atoms with van der Waals surface area (Å²) in [6.45, 7) is 0.0842. The van der Waals surface area contributed by atoms with E-state index < -0.39 is 0 Å². The van der Waals surface area contributed by atoms with E-state index in [0.29, 0.717) is 0 Å². The Morgan fingerprint density at radius 3 is 2.56 bits per heavy atom. The fraction of sp³-hybridized carbons (Fsp3) is 0.143. The molecule has 0 saturated heterocycles. The van der Waals surface area contributed by atoms with Gasteiger partial charge in [0.15, 0.2) is 0 Å². The zero-order chi connectivity index (χ0) is 5.82. The molecule has 1 N–H and O–H groups in total. The third-order valence-corrected chi connectivity index (χ3v) is 0.944. The Kier molecular flexibility index (Phi) is 4.52. The van der Waals surface area contributed by atoms with Gasteiger partial charge in [-0.25, -0.2) is 0 Å². The van der Waals surface area contributed by atoms with Gasteiger partial charge in [-0.1, -0.05) is 24.3 Å². The number of aliphatic hydroxyl groups is 1. The number of rotatable bonds is 1. The maximum atomic E-state index is 8.51. The van der Waals surface area contributed by atoms with Crippen LogP contribution in [-0.4, -0.2) is 24.0 Å². The molecule has 0 bridgehead atoms. The predicted molar refractivity (Wildman–Crippen MR) is 38.3 cm³/mol. The van der Waals surface area contributed by atoms with Crippen LogP contribution in [0.2, 0.25) is 0 Å².